The third kappa shape index (κ3) is 4.92. The Labute approximate surface area is 205 Å². The maximum Gasteiger partial charge on any atom is 0.410 e. The molecule has 0 spiro atoms. The molecular formula is C24H32N8O3. The van der Waals surface area contributed by atoms with E-state index in [0.29, 0.717) is 43.5 Å². The number of likely N-dealkylation sites (tertiary alicyclic amines) is 1. The molecule has 11 nitrogen and oxygen atoms in total. The van der Waals surface area contributed by atoms with Gasteiger partial charge in [0, 0.05) is 32.0 Å². The van der Waals surface area contributed by atoms with Crippen LogP contribution in [-0.2, 0) is 9.53 Å². The van der Waals surface area contributed by atoms with Crippen LogP contribution in [-0.4, -0.2) is 61.9 Å². The Hall–Kier alpha value is -3.68. The fourth-order valence-electron chi connectivity index (χ4n) is 4.47. The Morgan fingerprint density at radius 3 is 2.77 bits per heavy atom. The lowest BCUT2D eigenvalue weighted by molar-refractivity contribution is -0.124. The highest BCUT2D eigenvalue weighted by molar-refractivity contribution is 6.01. The molecule has 0 aromatic carbocycles. The van der Waals surface area contributed by atoms with Crippen LogP contribution in [0.2, 0.25) is 0 Å². The van der Waals surface area contributed by atoms with Gasteiger partial charge in [-0.05, 0) is 45.6 Å². The van der Waals surface area contributed by atoms with Crippen molar-refractivity contribution in [3.05, 3.63) is 24.7 Å². The molecule has 2 aromatic rings. The Morgan fingerprint density at radius 2 is 2.11 bits per heavy atom. The second kappa shape index (κ2) is 9.17. The number of anilines is 3. The van der Waals surface area contributed by atoms with Crippen molar-refractivity contribution in [2.24, 2.45) is 11.3 Å². The number of hydrogen-bond donors (Lipinski definition) is 1. The standard InChI is InChI=1S/C24H32N8O3/c1-16(2)24(15-25)8-11-31(20(24)33)19-6-9-26-21(29-19)28-17-12-27-32(13-17)18-7-10-30(14-18)22(34)35-23(3,4)5/h6,9,12-13,16,18H,7-8,10-11,14H2,1-5H3,(H,26,28,29)/t18-,24-/m1/s1. The molecule has 2 fully saturated rings. The van der Waals surface area contributed by atoms with Gasteiger partial charge in [-0.2, -0.15) is 15.3 Å². The highest BCUT2D eigenvalue weighted by Gasteiger charge is 2.50. The van der Waals surface area contributed by atoms with Crippen LogP contribution in [0.3, 0.4) is 0 Å². The van der Waals surface area contributed by atoms with Crippen molar-refractivity contribution in [2.75, 3.05) is 29.9 Å². The van der Waals surface area contributed by atoms with Gasteiger partial charge in [-0.25, -0.2) is 9.78 Å². The minimum Gasteiger partial charge on any atom is -0.444 e. The molecule has 35 heavy (non-hydrogen) atoms. The third-order valence-corrected chi connectivity index (χ3v) is 6.51. The first-order valence-corrected chi connectivity index (χ1v) is 11.9. The van der Waals surface area contributed by atoms with Crippen LogP contribution in [0.15, 0.2) is 24.7 Å². The van der Waals surface area contributed by atoms with Crippen LogP contribution in [0, 0.1) is 22.7 Å². The maximum absolute atomic E-state index is 13.0. The Kier molecular flexibility index (Phi) is 6.40. The molecule has 0 unspecified atom stereocenters. The van der Waals surface area contributed by atoms with Gasteiger partial charge >= 0.3 is 6.09 Å². The fraction of sp³-hybridized carbons (Fsp3) is 0.583. The highest BCUT2D eigenvalue weighted by atomic mass is 16.6. The van der Waals surface area contributed by atoms with Gasteiger partial charge in [0.05, 0.1) is 24.0 Å². The summed E-state index contributed by atoms with van der Waals surface area (Å²) < 4.78 is 7.29. The minimum absolute atomic E-state index is 0.0441. The molecule has 0 aliphatic carbocycles. The van der Waals surface area contributed by atoms with E-state index in [1.165, 1.54) is 0 Å². The molecule has 1 N–H and O–H groups in total. The van der Waals surface area contributed by atoms with Gasteiger partial charge in [0.1, 0.15) is 16.8 Å². The number of hydrogen-bond acceptors (Lipinski definition) is 8. The maximum atomic E-state index is 13.0. The summed E-state index contributed by atoms with van der Waals surface area (Å²) in [5, 5.41) is 17.3. The number of amides is 2. The van der Waals surface area contributed by atoms with Crippen molar-refractivity contribution in [3.63, 3.8) is 0 Å². The van der Waals surface area contributed by atoms with Gasteiger partial charge < -0.3 is 15.0 Å². The number of nitrogens with one attached hydrogen (secondary N) is 1. The molecule has 2 saturated heterocycles. The van der Waals surface area contributed by atoms with Crippen LogP contribution in [0.5, 0.6) is 0 Å². The Morgan fingerprint density at radius 1 is 1.34 bits per heavy atom. The van der Waals surface area contributed by atoms with E-state index in [9.17, 15) is 14.9 Å². The number of carbonyl (C=O) groups excluding carboxylic acids is 2. The summed E-state index contributed by atoms with van der Waals surface area (Å²) in [7, 11) is 0. The predicted octanol–water partition coefficient (Wildman–Crippen LogP) is 3.50. The molecule has 4 heterocycles. The summed E-state index contributed by atoms with van der Waals surface area (Å²) in [5.41, 5.74) is -0.857. The number of nitrogens with zero attached hydrogens (tertiary/aromatic N) is 7. The topological polar surface area (TPSA) is 129 Å². The van der Waals surface area contributed by atoms with Gasteiger partial charge in [-0.15, -0.1) is 0 Å². The average molecular weight is 481 g/mol. The van der Waals surface area contributed by atoms with Gasteiger partial charge in [-0.3, -0.25) is 14.4 Å². The lowest BCUT2D eigenvalue weighted by atomic mass is 9.77. The van der Waals surface area contributed by atoms with E-state index >= 15 is 0 Å². The van der Waals surface area contributed by atoms with Crippen LogP contribution < -0.4 is 10.2 Å². The lowest BCUT2D eigenvalue weighted by Gasteiger charge is -2.24. The average Bonchev–Trinajstić information content (AvgIpc) is 3.51. The molecule has 2 aromatic heterocycles. The molecule has 2 amide bonds. The number of aromatic nitrogens is 4. The minimum atomic E-state index is -1.02. The predicted molar refractivity (Wildman–Crippen MR) is 129 cm³/mol. The van der Waals surface area contributed by atoms with E-state index in [1.807, 2.05) is 45.5 Å². The van der Waals surface area contributed by atoms with E-state index in [4.69, 9.17) is 4.74 Å². The van der Waals surface area contributed by atoms with Crippen molar-refractivity contribution in [1.82, 2.24) is 24.6 Å². The molecule has 0 saturated carbocycles. The SMILES string of the molecule is CC(C)[C@]1(C#N)CCN(c2ccnc(Nc3cnn([C@@H]4CCN(C(=O)OC(C)(C)C)C4)c3)n2)C1=O. The van der Waals surface area contributed by atoms with Crippen LogP contribution in [0.1, 0.15) is 53.5 Å². The van der Waals surface area contributed by atoms with Gasteiger partial charge in [0.2, 0.25) is 11.9 Å². The van der Waals surface area contributed by atoms with Crippen molar-refractivity contribution < 1.29 is 14.3 Å². The smallest absolute Gasteiger partial charge is 0.410 e. The van der Waals surface area contributed by atoms with E-state index in [0.717, 1.165) is 6.42 Å². The third-order valence-electron chi connectivity index (χ3n) is 6.51. The zero-order valence-corrected chi connectivity index (χ0v) is 20.9. The molecule has 2 aliphatic rings. The molecular weight excluding hydrogens is 448 g/mol. The molecule has 0 radical (unpaired) electrons. The first-order chi connectivity index (χ1) is 16.5. The number of nitriles is 1. The number of rotatable bonds is 5. The summed E-state index contributed by atoms with van der Waals surface area (Å²) in [4.78, 5) is 37.4. The van der Waals surface area contributed by atoms with E-state index in [1.54, 1.807) is 28.3 Å². The fourth-order valence-corrected chi connectivity index (χ4v) is 4.47. The highest BCUT2D eigenvalue weighted by Crippen LogP contribution is 2.40. The lowest BCUT2D eigenvalue weighted by Crippen LogP contribution is -2.37. The quantitative estimate of drug-likeness (QED) is 0.688. The number of carbonyl (C=O) groups is 2. The molecule has 11 heteroatoms. The summed E-state index contributed by atoms with van der Waals surface area (Å²) in [6.07, 6.45) is 6.04. The van der Waals surface area contributed by atoms with E-state index in [-0.39, 0.29) is 24.0 Å². The summed E-state index contributed by atoms with van der Waals surface area (Å²) >= 11 is 0. The van der Waals surface area contributed by atoms with E-state index < -0.39 is 11.0 Å². The van der Waals surface area contributed by atoms with Crippen molar-refractivity contribution >= 4 is 29.5 Å². The molecule has 4 rings (SSSR count). The van der Waals surface area contributed by atoms with Crippen molar-refractivity contribution in [1.29, 1.82) is 5.26 Å². The molecule has 2 aliphatic heterocycles. The van der Waals surface area contributed by atoms with Crippen LogP contribution >= 0.6 is 0 Å². The van der Waals surface area contributed by atoms with E-state index in [2.05, 4.69) is 26.5 Å². The molecule has 186 valence electrons. The van der Waals surface area contributed by atoms with Crippen LogP contribution in [0.25, 0.3) is 0 Å². The Bertz CT molecular complexity index is 1150. The number of ether oxygens (including phenoxy) is 1. The van der Waals surface area contributed by atoms with Gasteiger partial charge in [-0.1, -0.05) is 13.8 Å². The normalized spacial score (nSPS) is 22.5. The zero-order valence-electron chi connectivity index (χ0n) is 20.9. The summed E-state index contributed by atoms with van der Waals surface area (Å²) in [5.74, 6) is 0.484. The summed E-state index contributed by atoms with van der Waals surface area (Å²) in [6.45, 7) is 10.9. The van der Waals surface area contributed by atoms with Gasteiger partial charge in [0.25, 0.3) is 0 Å². The second-order valence-electron chi connectivity index (χ2n) is 10.4. The largest absolute Gasteiger partial charge is 0.444 e. The van der Waals surface area contributed by atoms with Crippen molar-refractivity contribution in [2.45, 2.75) is 59.1 Å². The second-order valence-corrected chi connectivity index (χ2v) is 10.4. The first kappa shape index (κ1) is 24.4. The van der Waals surface area contributed by atoms with Crippen molar-refractivity contribution in [3.8, 4) is 6.07 Å². The zero-order chi connectivity index (χ0) is 25.4. The molecule has 2 atom stereocenters. The van der Waals surface area contributed by atoms with Crippen LogP contribution in [0.4, 0.5) is 22.2 Å². The molecule has 0 bridgehead atoms. The first-order valence-electron chi connectivity index (χ1n) is 11.9. The monoisotopic (exact) mass is 480 g/mol. The summed E-state index contributed by atoms with van der Waals surface area (Å²) in [6, 6.07) is 3.95. The Balaban J connectivity index is 1.41. The van der Waals surface area contributed by atoms with Gasteiger partial charge in [0.15, 0.2) is 0 Å².